The minimum Gasteiger partial charge on any atom is -0.365 e. The van der Waals surface area contributed by atoms with Crippen LogP contribution in [0.3, 0.4) is 0 Å². The smallest absolute Gasteiger partial charge is 0.261 e. The van der Waals surface area contributed by atoms with E-state index in [4.69, 9.17) is 4.74 Å². The fourth-order valence-corrected chi connectivity index (χ4v) is 2.43. The number of quaternary nitrogens is 1. The van der Waals surface area contributed by atoms with E-state index in [9.17, 15) is 9.59 Å². The van der Waals surface area contributed by atoms with Gasteiger partial charge in [-0.15, -0.1) is 0 Å². The molecule has 1 saturated heterocycles. The van der Waals surface area contributed by atoms with Gasteiger partial charge < -0.3 is 10.1 Å². The number of rotatable bonds is 2. The maximum atomic E-state index is 12.1. The van der Waals surface area contributed by atoms with Crippen molar-refractivity contribution in [2.45, 2.75) is 6.10 Å². The number of carbonyl (C=O) groups excluding carboxylic acids is 2. The largest absolute Gasteiger partial charge is 0.365 e. The molecule has 5 nitrogen and oxygen atoms in total. The Morgan fingerprint density at radius 1 is 1.22 bits per heavy atom. The summed E-state index contributed by atoms with van der Waals surface area (Å²) >= 11 is 0. The van der Waals surface area contributed by atoms with Crippen LogP contribution in [0.4, 0.5) is 0 Å². The van der Waals surface area contributed by atoms with E-state index < -0.39 is 0 Å². The monoisotopic (exact) mass is 247 g/mol. The topological polar surface area (TPSA) is 63.2 Å². The zero-order valence-electron chi connectivity index (χ0n) is 9.96. The molecule has 0 saturated carbocycles. The fraction of sp³-hybridized carbons (Fsp3) is 0.385. The summed E-state index contributed by atoms with van der Waals surface area (Å²) in [5, 5.41) is 2.15. The van der Waals surface area contributed by atoms with Gasteiger partial charge >= 0.3 is 0 Å². The summed E-state index contributed by atoms with van der Waals surface area (Å²) in [6.07, 6.45) is -0.0547. The Kier molecular flexibility index (Phi) is 2.85. The third kappa shape index (κ3) is 1.81. The van der Waals surface area contributed by atoms with Crippen LogP contribution in [0.15, 0.2) is 24.3 Å². The van der Waals surface area contributed by atoms with Crippen molar-refractivity contribution in [3.63, 3.8) is 0 Å². The van der Waals surface area contributed by atoms with Crippen molar-refractivity contribution in [1.82, 2.24) is 4.90 Å². The summed E-state index contributed by atoms with van der Waals surface area (Å²) in [4.78, 5) is 25.5. The highest BCUT2D eigenvalue weighted by molar-refractivity contribution is 6.21. The van der Waals surface area contributed by atoms with Gasteiger partial charge in [0.15, 0.2) is 0 Å². The molecule has 0 aliphatic carbocycles. The molecule has 2 N–H and O–H groups in total. The number of carbonyl (C=O) groups is 2. The number of fused-ring (bicyclic) bond motifs is 1. The molecule has 0 aromatic heterocycles. The number of benzene rings is 1. The van der Waals surface area contributed by atoms with Gasteiger partial charge in [0.1, 0.15) is 12.6 Å². The molecule has 3 rings (SSSR count). The molecule has 0 unspecified atom stereocenters. The first-order chi connectivity index (χ1) is 8.77. The van der Waals surface area contributed by atoms with Crippen molar-refractivity contribution >= 4 is 11.8 Å². The molecular formula is C13H15N2O3+. The molecule has 2 amide bonds. The van der Waals surface area contributed by atoms with Gasteiger partial charge in [0.2, 0.25) is 0 Å². The number of hydrogen-bond acceptors (Lipinski definition) is 3. The predicted octanol–water partition coefficient (Wildman–Crippen LogP) is -0.755. The van der Waals surface area contributed by atoms with Crippen molar-refractivity contribution in [2.75, 3.05) is 26.2 Å². The second-order valence-electron chi connectivity index (χ2n) is 4.57. The van der Waals surface area contributed by atoms with Crippen LogP contribution in [0, 0.1) is 0 Å². The average molecular weight is 247 g/mol. The summed E-state index contributed by atoms with van der Waals surface area (Å²) in [5.74, 6) is -0.408. The number of amides is 2. The molecule has 0 radical (unpaired) electrons. The lowest BCUT2D eigenvalue weighted by Crippen LogP contribution is -2.90. The van der Waals surface area contributed by atoms with Crippen molar-refractivity contribution in [3.05, 3.63) is 35.4 Å². The Morgan fingerprint density at radius 3 is 2.44 bits per heavy atom. The number of hydrogen-bond donors (Lipinski definition) is 1. The molecule has 2 aliphatic heterocycles. The Labute approximate surface area is 105 Å². The van der Waals surface area contributed by atoms with Crippen LogP contribution in [0.25, 0.3) is 0 Å². The van der Waals surface area contributed by atoms with Crippen molar-refractivity contribution in [2.24, 2.45) is 0 Å². The summed E-state index contributed by atoms with van der Waals surface area (Å²) in [6.45, 7) is 2.77. The first kappa shape index (κ1) is 11.4. The molecule has 1 fully saturated rings. The van der Waals surface area contributed by atoms with E-state index in [1.54, 1.807) is 24.3 Å². The molecule has 1 aromatic rings. The van der Waals surface area contributed by atoms with Crippen LogP contribution in [-0.4, -0.2) is 49.1 Å². The van der Waals surface area contributed by atoms with E-state index in [0.29, 0.717) is 24.3 Å². The normalized spacial score (nSPS) is 23.3. The molecular weight excluding hydrogens is 232 g/mol. The minimum absolute atomic E-state index is 0.0547. The van der Waals surface area contributed by atoms with Crippen LogP contribution in [0.5, 0.6) is 0 Å². The van der Waals surface area contributed by atoms with E-state index >= 15 is 0 Å². The van der Waals surface area contributed by atoms with E-state index in [-0.39, 0.29) is 17.9 Å². The number of ether oxygens (including phenoxy) is 1. The molecule has 1 atom stereocenters. The quantitative estimate of drug-likeness (QED) is 0.699. The number of nitrogens with two attached hydrogens (primary N) is 1. The second kappa shape index (κ2) is 4.51. The number of imide groups is 1. The molecule has 0 bridgehead atoms. The average Bonchev–Trinajstić information content (AvgIpc) is 2.66. The number of morpholine rings is 1. The summed E-state index contributed by atoms with van der Waals surface area (Å²) in [5.41, 5.74) is 1.00. The van der Waals surface area contributed by atoms with E-state index in [1.165, 1.54) is 4.90 Å². The third-order valence-corrected chi connectivity index (χ3v) is 3.37. The SMILES string of the molecule is O=C1c2ccccc2C(=O)N1C[C@H]1C[NH2+]CCO1. The summed E-state index contributed by atoms with van der Waals surface area (Å²) < 4.78 is 5.56. The lowest BCUT2D eigenvalue weighted by molar-refractivity contribution is -0.676. The van der Waals surface area contributed by atoms with Crippen molar-refractivity contribution in [3.8, 4) is 0 Å². The summed E-state index contributed by atoms with van der Waals surface area (Å²) in [7, 11) is 0. The van der Waals surface area contributed by atoms with Crippen molar-refractivity contribution < 1.29 is 19.6 Å². The zero-order valence-corrected chi connectivity index (χ0v) is 9.96. The van der Waals surface area contributed by atoms with Gasteiger partial charge in [0.25, 0.3) is 11.8 Å². The molecule has 94 valence electrons. The highest BCUT2D eigenvalue weighted by atomic mass is 16.5. The molecule has 5 heteroatoms. The molecule has 0 spiro atoms. The standard InChI is InChI=1S/C13H14N2O3/c16-12-10-3-1-2-4-11(10)13(17)15(12)8-9-7-14-5-6-18-9/h1-4,9,14H,5-8H2/p+1/t9-/m1/s1. The molecule has 2 aliphatic rings. The first-order valence-electron chi connectivity index (χ1n) is 6.16. The fourth-order valence-electron chi connectivity index (χ4n) is 2.43. The molecule has 2 heterocycles. The van der Waals surface area contributed by atoms with Crippen LogP contribution in [-0.2, 0) is 4.74 Å². The predicted molar refractivity (Wildman–Crippen MR) is 63.2 cm³/mol. The second-order valence-corrected chi connectivity index (χ2v) is 4.57. The van der Waals surface area contributed by atoms with Gasteiger partial charge in [-0.3, -0.25) is 14.5 Å². The summed E-state index contributed by atoms with van der Waals surface area (Å²) in [6, 6.07) is 6.95. The Hall–Kier alpha value is -1.72. The van der Waals surface area contributed by atoms with E-state index in [1.807, 2.05) is 0 Å². The number of nitrogens with zero attached hydrogens (tertiary/aromatic N) is 1. The van der Waals surface area contributed by atoms with E-state index in [2.05, 4.69) is 5.32 Å². The first-order valence-corrected chi connectivity index (χ1v) is 6.16. The highest BCUT2D eigenvalue weighted by Gasteiger charge is 2.37. The van der Waals surface area contributed by atoms with E-state index in [0.717, 1.165) is 13.1 Å². The Balaban J connectivity index is 1.79. The minimum atomic E-state index is -0.204. The Morgan fingerprint density at radius 2 is 1.89 bits per heavy atom. The zero-order chi connectivity index (χ0) is 12.5. The van der Waals surface area contributed by atoms with Gasteiger partial charge in [-0.25, -0.2) is 0 Å². The van der Waals surface area contributed by atoms with Gasteiger partial charge in [0.05, 0.1) is 30.8 Å². The van der Waals surface area contributed by atoms with Gasteiger partial charge in [-0.1, -0.05) is 12.1 Å². The van der Waals surface area contributed by atoms with Crippen LogP contribution in [0.1, 0.15) is 20.7 Å². The maximum Gasteiger partial charge on any atom is 0.261 e. The van der Waals surface area contributed by atoms with Gasteiger partial charge in [-0.05, 0) is 12.1 Å². The van der Waals surface area contributed by atoms with Crippen molar-refractivity contribution in [1.29, 1.82) is 0 Å². The highest BCUT2D eigenvalue weighted by Crippen LogP contribution is 2.22. The van der Waals surface area contributed by atoms with Crippen LogP contribution in [0.2, 0.25) is 0 Å². The van der Waals surface area contributed by atoms with Crippen LogP contribution >= 0.6 is 0 Å². The third-order valence-electron chi connectivity index (χ3n) is 3.37. The molecule has 1 aromatic carbocycles. The molecule has 18 heavy (non-hydrogen) atoms. The van der Waals surface area contributed by atoms with Gasteiger partial charge in [0, 0.05) is 0 Å². The Bertz CT molecular complexity index is 460. The lowest BCUT2D eigenvalue weighted by atomic mass is 10.1. The van der Waals surface area contributed by atoms with Crippen LogP contribution < -0.4 is 5.32 Å². The maximum absolute atomic E-state index is 12.1. The lowest BCUT2D eigenvalue weighted by Gasteiger charge is -2.24. The van der Waals surface area contributed by atoms with Gasteiger partial charge in [-0.2, -0.15) is 0 Å².